The van der Waals surface area contributed by atoms with E-state index in [-0.39, 0.29) is 11.6 Å². The molecule has 1 aliphatic heterocycles. The fourth-order valence-corrected chi connectivity index (χ4v) is 3.35. The summed E-state index contributed by atoms with van der Waals surface area (Å²) in [6.45, 7) is 4.10. The molecule has 0 bridgehead atoms. The van der Waals surface area contributed by atoms with Crippen molar-refractivity contribution in [2.24, 2.45) is 5.73 Å². The molecular formula is C13H25N3O2. The van der Waals surface area contributed by atoms with Gasteiger partial charge in [0.25, 0.3) is 0 Å². The van der Waals surface area contributed by atoms with E-state index < -0.39 is 0 Å². The van der Waals surface area contributed by atoms with Crippen LogP contribution in [0, 0.1) is 0 Å². The van der Waals surface area contributed by atoms with Gasteiger partial charge >= 0.3 is 6.09 Å². The summed E-state index contributed by atoms with van der Waals surface area (Å²) in [5.74, 6) is 0. The molecule has 1 heterocycles. The van der Waals surface area contributed by atoms with Crippen LogP contribution in [0.25, 0.3) is 0 Å². The highest BCUT2D eigenvalue weighted by atomic mass is 16.5. The molecule has 1 aliphatic carbocycles. The summed E-state index contributed by atoms with van der Waals surface area (Å²) in [7, 11) is 1.44. The highest BCUT2D eigenvalue weighted by Gasteiger charge is 2.38. The summed E-state index contributed by atoms with van der Waals surface area (Å²) >= 11 is 0. The summed E-state index contributed by atoms with van der Waals surface area (Å²) in [5.41, 5.74) is 6.24. The van der Waals surface area contributed by atoms with E-state index in [9.17, 15) is 4.79 Å². The van der Waals surface area contributed by atoms with Crippen LogP contribution < -0.4 is 5.73 Å². The molecule has 2 aliphatic rings. The van der Waals surface area contributed by atoms with Gasteiger partial charge in [-0.2, -0.15) is 0 Å². The van der Waals surface area contributed by atoms with Gasteiger partial charge in [-0.3, -0.25) is 4.90 Å². The molecule has 0 aromatic rings. The number of methoxy groups -OCH3 is 1. The van der Waals surface area contributed by atoms with Gasteiger partial charge in [0, 0.05) is 38.3 Å². The van der Waals surface area contributed by atoms with Crippen LogP contribution >= 0.6 is 0 Å². The summed E-state index contributed by atoms with van der Waals surface area (Å²) in [4.78, 5) is 15.7. The van der Waals surface area contributed by atoms with Gasteiger partial charge in [-0.25, -0.2) is 4.79 Å². The molecule has 1 saturated carbocycles. The van der Waals surface area contributed by atoms with Crippen molar-refractivity contribution in [2.45, 2.75) is 37.6 Å². The number of carbonyl (C=O) groups is 1. The fourth-order valence-electron chi connectivity index (χ4n) is 3.35. The molecule has 0 atom stereocenters. The first-order chi connectivity index (χ1) is 8.72. The van der Waals surface area contributed by atoms with Crippen molar-refractivity contribution in [3.63, 3.8) is 0 Å². The first kappa shape index (κ1) is 13.6. The second kappa shape index (κ2) is 5.89. The van der Waals surface area contributed by atoms with Gasteiger partial charge in [0.1, 0.15) is 0 Å². The number of hydrogen-bond donors (Lipinski definition) is 1. The largest absolute Gasteiger partial charge is 0.453 e. The fraction of sp³-hybridized carbons (Fsp3) is 0.923. The van der Waals surface area contributed by atoms with Crippen molar-refractivity contribution in [1.82, 2.24) is 9.80 Å². The average molecular weight is 255 g/mol. The zero-order valence-electron chi connectivity index (χ0n) is 11.4. The number of rotatable bonds is 2. The van der Waals surface area contributed by atoms with E-state index in [0.29, 0.717) is 0 Å². The highest BCUT2D eigenvalue weighted by Crippen LogP contribution is 2.33. The first-order valence-corrected chi connectivity index (χ1v) is 7.00. The Morgan fingerprint density at radius 2 is 1.78 bits per heavy atom. The van der Waals surface area contributed by atoms with Crippen LogP contribution in [-0.4, -0.2) is 61.3 Å². The summed E-state index contributed by atoms with van der Waals surface area (Å²) in [5, 5.41) is 0. The van der Waals surface area contributed by atoms with E-state index in [0.717, 1.165) is 32.7 Å². The maximum absolute atomic E-state index is 11.5. The molecule has 0 aromatic heterocycles. The zero-order chi connectivity index (χ0) is 13.0. The lowest BCUT2D eigenvalue weighted by Crippen LogP contribution is -2.61. The minimum atomic E-state index is -0.208. The van der Waals surface area contributed by atoms with Gasteiger partial charge in [0.05, 0.1) is 7.11 Å². The molecular weight excluding hydrogens is 230 g/mol. The van der Waals surface area contributed by atoms with Gasteiger partial charge in [0.15, 0.2) is 0 Å². The molecule has 2 fully saturated rings. The maximum atomic E-state index is 11.5. The van der Waals surface area contributed by atoms with Gasteiger partial charge in [-0.05, 0) is 12.8 Å². The second-order valence-corrected chi connectivity index (χ2v) is 5.43. The number of hydrogen-bond acceptors (Lipinski definition) is 4. The Labute approximate surface area is 109 Å². The van der Waals surface area contributed by atoms with E-state index in [2.05, 4.69) is 4.90 Å². The maximum Gasteiger partial charge on any atom is 0.409 e. The molecule has 2 rings (SSSR count). The van der Waals surface area contributed by atoms with Crippen LogP contribution in [0.4, 0.5) is 4.79 Å². The highest BCUT2D eigenvalue weighted by molar-refractivity contribution is 5.67. The number of amides is 1. The lowest BCUT2D eigenvalue weighted by Gasteiger charge is -2.49. The van der Waals surface area contributed by atoms with Crippen LogP contribution in [-0.2, 0) is 4.74 Å². The van der Waals surface area contributed by atoms with Crippen LogP contribution in [0.2, 0.25) is 0 Å². The van der Waals surface area contributed by atoms with Crippen molar-refractivity contribution < 1.29 is 9.53 Å². The van der Waals surface area contributed by atoms with Crippen molar-refractivity contribution in [1.29, 1.82) is 0 Å². The number of nitrogens with two attached hydrogens (primary N) is 1. The minimum Gasteiger partial charge on any atom is -0.453 e. The smallest absolute Gasteiger partial charge is 0.409 e. The topological polar surface area (TPSA) is 58.8 Å². The van der Waals surface area contributed by atoms with Crippen molar-refractivity contribution in [3.8, 4) is 0 Å². The Hall–Kier alpha value is -0.810. The Kier molecular flexibility index (Phi) is 4.45. The zero-order valence-corrected chi connectivity index (χ0v) is 11.4. The van der Waals surface area contributed by atoms with E-state index in [1.807, 2.05) is 0 Å². The Bertz CT molecular complexity index is 282. The third-order valence-electron chi connectivity index (χ3n) is 4.55. The molecule has 18 heavy (non-hydrogen) atoms. The molecule has 0 radical (unpaired) electrons. The van der Waals surface area contributed by atoms with Crippen LogP contribution in [0.5, 0.6) is 0 Å². The summed E-state index contributed by atoms with van der Waals surface area (Å²) in [6, 6.07) is 0. The Morgan fingerprint density at radius 1 is 1.17 bits per heavy atom. The molecule has 2 N–H and O–H groups in total. The third-order valence-corrected chi connectivity index (χ3v) is 4.55. The Morgan fingerprint density at radius 3 is 2.28 bits per heavy atom. The molecule has 104 valence electrons. The van der Waals surface area contributed by atoms with Crippen molar-refractivity contribution in [2.75, 3.05) is 39.8 Å². The predicted molar refractivity (Wildman–Crippen MR) is 70.4 cm³/mol. The van der Waals surface area contributed by atoms with Gasteiger partial charge in [-0.15, -0.1) is 0 Å². The van der Waals surface area contributed by atoms with E-state index in [1.165, 1.54) is 39.2 Å². The number of ether oxygens (including phenoxy) is 1. The first-order valence-electron chi connectivity index (χ1n) is 7.00. The monoisotopic (exact) mass is 255 g/mol. The van der Waals surface area contributed by atoms with E-state index >= 15 is 0 Å². The molecule has 5 nitrogen and oxygen atoms in total. The molecule has 0 unspecified atom stereocenters. The van der Waals surface area contributed by atoms with Gasteiger partial charge in [-0.1, -0.05) is 19.3 Å². The quantitative estimate of drug-likeness (QED) is 0.800. The number of carbonyl (C=O) groups excluding carboxylic acids is 1. The molecule has 1 amide bonds. The Balaban J connectivity index is 1.93. The molecule has 5 heteroatoms. The number of nitrogens with zero attached hydrogens (tertiary/aromatic N) is 2. The van der Waals surface area contributed by atoms with Crippen LogP contribution in [0.3, 0.4) is 0 Å². The average Bonchev–Trinajstić information content (AvgIpc) is 2.47. The van der Waals surface area contributed by atoms with Gasteiger partial charge in [0.2, 0.25) is 0 Å². The predicted octanol–water partition coefficient (Wildman–Crippen LogP) is 1.03. The lowest BCUT2D eigenvalue weighted by molar-refractivity contribution is 0.0129. The molecule has 1 saturated heterocycles. The normalized spacial score (nSPS) is 24.9. The van der Waals surface area contributed by atoms with Gasteiger partial charge < -0.3 is 15.4 Å². The summed E-state index contributed by atoms with van der Waals surface area (Å²) in [6.07, 6.45) is 6.12. The lowest BCUT2D eigenvalue weighted by atomic mass is 9.80. The van der Waals surface area contributed by atoms with E-state index in [4.69, 9.17) is 10.5 Å². The second-order valence-electron chi connectivity index (χ2n) is 5.43. The molecule has 0 aromatic carbocycles. The third kappa shape index (κ3) is 2.62. The van der Waals surface area contributed by atoms with Crippen molar-refractivity contribution >= 4 is 6.09 Å². The van der Waals surface area contributed by atoms with Crippen LogP contribution in [0.15, 0.2) is 0 Å². The SMILES string of the molecule is COC(=O)N1CCN(C2(CN)CCCCC2)CC1. The van der Waals surface area contributed by atoms with Crippen LogP contribution in [0.1, 0.15) is 32.1 Å². The van der Waals surface area contributed by atoms with Crippen molar-refractivity contribution in [3.05, 3.63) is 0 Å². The van der Waals surface area contributed by atoms with E-state index in [1.54, 1.807) is 4.90 Å². The molecule has 0 spiro atoms. The standard InChI is InChI=1S/C13H25N3O2/c1-18-12(17)15-7-9-16(10-8-15)13(11-14)5-3-2-4-6-13/h2-11,14H2,1H3. The minimum absolute atomic E-state index is 0.195. The summed E-state index contributed by atoms with van der Waals surface area (Å²) < 4.78 is 4.77. The number of piperazine rings is 1.